The molecule has 9 heteroatoms. The van der Waals surface area contributed by atoms with E-state index in [1.807, 2.05) is 0 Å². The first-order valence-electron chi connectivity index (χ1n) is 5.51. The zero-order chi connectivity index (χ0) is 14.5. The van der Waals surface area contributed by atoms with Gasteiger partial charge < -0.3 is 20.9 Å². The molecule has 4 N–H and O–H groups in total. The molecule has 0 aliphatic rings. The normalized spacial score (nSPS) is 10.1. The second-order valence-corrected chi connectivity index (χ2v) is 3.63. The molecule has 0 radical (unpaired) electrons. The molecule has 0 amide bonds. The molecule has 0 unspecified atom stereocenters. The zero-order valence-corrected chi connectivity index (χ0v) is 10.6. The average molecular weight is 276 g/mol. The van der Waals surface area contributed by atoms with Gasteiger partial charge in [-0.05, 0) is 6.07 Å². The molecule has 0 saturated heterocycles. The van der Waals surface area contributed by atoms with Crippen molar-refractivity contribution in [2.24, 2.45) is 0 Å². The Hall–Kier alpha value is -2.97. The lowest BCUT2D eigenvalue weighted by atomic mass is 10.3. The van der Waals surface area contributed by atoms with Gasteiger partial charge in [-0.25, -0.2) is 9.78 Å². The Kier molecular flexibility index (Phi) is 3.89. The Morgan fingerprint density at radius 2 is 1.95 bits per heavy atom. The topological polar surface area (TPSA) is 139 Å². The maximum Gasteiger partial charge on any atom is 0.338 e. The summed E-state index contributed by atoms with van der Waals surface area (Å²) in [6, 6.07) is 2.96. The highest BCUT2D eigenvalue weighted by atomic mass is 16.5. The molecule has 9 nitrogen and oxygen atoms in total. The van der Waals surface area contributed by atoms with E-state index in [4.69, 9.17) is 20.9 Å². The van der Waals surface area contributed by atoms with Gasteiger partial charge in [0, 0.05) is 12.3 Å². The van der Waals surface area contributed by atoms with Crippen LogP contribution in [0.5, 0.6) is 5.88 Å². The van der Waals surface area contributed by atoms with Crippen molar-refractivity contribution in [3.8, 4) is 5.88 Å². The third-order valence-corrected chi connectivity index (χ3v) is 2.23. The highest BCUT2D eigenvalue weighted by molar-refractivity contribution is 5.89. The summed E-state index contributed by atoms with van der Waals surface area (Å²) >= 11 is 0. The largest absolute Gasteiger partial charge is 0.481 e. The Bertz CT molecular complexity index is 613. The summed E-state index contributed by atoms with van der Waals surface area (Å²) in [5, 5.41) is 0. The van der Waals surface area contributed by atoms with Crippen molar-refractivity contribution in [3.05, 3.63) is 29.7 Å². The van der Waals surface area contributed by atoms with Crippen molar-refractivity contribution in [3.63, 3.8) is 0 Å². The van der Waals surface area contributed by atoms with Gasteiger partial charge >= 0.3 is 5.97 Å². The number of rotatable bonds is 4. The van der Waals surface area contributed by atoms with Gasteiger partial charge in [0.1, 0.15) is 0 Å². The number of esters is 1. The van der Waals surface area contributed by atoms with E-state index in [0.717, 1.165) is 0 Å². The van der Waals surface area contributed by atoms with Crippen LogP contribution in [0.25, 0.3) is 0 Å². The van der Waals surface area contributed by atoms with E-state index in [9.17, 15) is 4.79 Å². The second kappa shape index (κ2) is 5.78. The highest BCUT2D eigenvalue weighted by Gasteiger charge is 2.11. The van der Waals surface area contributed by atoms with Crippen molar-refractivity contribution in [2.45, 2.75) is 6.61 Å². The number of carbonyl (C=O) groups is 1. The van der Waals surface area contributed by atoms with Crippen LogP contribution >= 0.6 is 0 Å². The number of nitrogen functional groups attached to an aromatic ring is 2. The summed E-state index contributed by atoms with van der Waals surface area (Å²) in [7, 11) is 1.45. The fourth-order valence-corrected chi connectivity index (χ4v) is 1.38. The summed E-state index contributed by atoms with van der Waals surface area (Å²) in [6.45, 7) is -0.166. The molecule has 0 aromatic carbocycles. The first-order valence-corrected chi connectivity index (χ1v) is 5.51. The molecule has 0 bridgehead atoms. The molecule has 0 aliphatic heterocycles. The molecule has 2 rings (SSSR count). The summed E-state index contributed by atoms with van der Waals surface area (Å²) in [5.74, 6) is -0.149. The average Bonchev–Trinajstić information content (AvgIpc) is 2.44. The van der Waals surface area contributed by atoms with Crippen LogP contribution in [0.4, 0.5) is 11.9 Å². The third-order valence-electron chi connectivity index (χ3n) is 2.23. The van der Waals surface area contributed by atoms with Crippen LogP contribution in [-0.4, -0.2) is 33.0 Å². The molecular weight excluding hydrogens is 264 g/mol. The molecule has 2 aromatic heterocycles. The van der Waals surface area contributed by atoms with E-state index in [1.54, 1.807) is 0 Å². The lowest BCUT2D eigenvalue weighted by molar-refractivity contribution is 0.0461. The number of anilines is 2. The molecule has 0 fully saturated rings. The van der Waals surface area contributed by atoms with E-state index in [-0.39, 0.29) is 24.3 Å². The van der Waals surface area contributed by atoms with Crippen LogP contribution < -0.4 is 16.2 Å². The van der Waals surface area contributed by atoms with Gasteiger partial charge in [-0.15, -0.1) is 0 Å². The van der Waals surface area contributed by atoms with Gasteiger partial charge in [-0.2, -0.15) is 15.0 Å². The van der Waals surface area contributed by atoms with E-state index >= 15 is 0 Å². The van der Waals surface area contributed by atoms with E-state index in [0.29, 0.717) is 11.4 Å². The first-order chi connectivity index (χ1) is 9.58. The van der Waals surface area contributed by atoms with Crippen LogP contribution in [0.15, 0.2) is 18.3 Å². The minimum absolute atomic E-state index is 0.0332. The van der Waals surface area contributed by atoms with Crippen LogP contribution in [0.3, 0.4) is 0 Å². The molecule has 20 heavy (non-hydrogen) atoms. The molecule has 0 saturated carbocycles. The minimum atomic E-state index is -0.566. The molecule has 0 spiro atoms. The number of nitrogens with two attached hydrogens (primary N) is 2. The number of carbonyl (C=O) groups excluding carboxylic acids is 1. The second-order valence-electron chi connectivity index (χ2n) is 3.63. The standard InChI is InChI=1S/C11H12N6O3/c1-19-8-4-6(2-3-14-8)9(18)20-5-7-15-10(12)17-11(13)16-7/h2-4H,5H2,1H3,(H4,12,13,15,16,17). The van der Waals surface area contributed by atoms with Crippen molar-refractivity contribution in [1.82, 2.24) is 19.9 Å². The van der Waals surface area contributed by atoms with Crippen LogP contribution in [-0.2, 0) is 11.3 Å². The summed E-state index contributed by atoms with van der Waals surface area (Å²) < 4.78 is 9.95. The van der Waals surface area contributed by atoms with Crippen molar-refractivity contribution >= 4 is 17.9 Å². The third kappa shape index (κ3) is 3.28. The lowest BCUT2D eigenvalue weighted by Gasteiger charge is -2.05. The molecule has 0 aliphatic carbocycles. The molecule has 104 valence electrons. The zero-order valence-electron chi connectivity index (χ0n) is 10.6. The predicted octanol–water partition coefficient (Wildman–Crippen LogP) is -0.203. The maximum absolute atomic E-state index is 11.8. The van der Waals surface area contributed by atoms with Gasteiger partial charge in [0.15, 0.2) is 12.4 Å². The maximum atomic E-state index is 11.8. The first kappa shape index (κ1) is 13.5. The SMILES string of the molecule is COc1cc(C(=O)OCc2nc(N)nc(N)n2)ccn1. The predicted molar refractivity (Wildman–Crippen MR) is 68.6 cm³/mol. The number of pyridine rings is 1. The molecule has 2 heterocycles. The lowest BCUT2D eigenvalue weighted by Crippen LogP contribution is -2.11. The van der Waals surface area contributed by atoms with Crippen molar-refractivity contribution < 1.29 is 14.3 Å². The smallest absolute Gasteiger partial charge is 0.338 e. The van der Waals surface area contributed by atoms with Crippen LogP contribution in [0.1, 0.15) is 16.2 Å². The Morgan fingerprint density at radius 1 is 1.25 bits per heavy atom. The van der Waals surface area contributed by atoms with Crippen LogP contribution in [0, 0.1) is 0 Å². The van der Waals surface area contributed by atoms with Gasteiger partial charge in [0.2, 0.25) is 17.8 Å². The van der Waals surface area contributed by atoms with Crippen molar-refractivity contribution in [2.75, 3.05) is 18.6 Å². The van der Waals surface area contributed by atoms with Crippen molar-refractivity contribution in [1.29, 1.82) is 0 Å². The quantitative estimate of drug-likeness (QED) is 0.726. The van der Waals surface area contributed by atoms with Gasteiger partial charge in [0.05, 0.1) is 12.7 Å². The number of hydrogen-bond acceptors (Lipinski definition) is 9. The van der Waals surface area contributed by atoms with E-state index in [1.165, 1.54) is 25.4 Å². The van der Waals surface area contributed by atoms with Crippen LogP contribution in [0.2, 0.25) is 0 Å². The highest BCUT2D eigenvalue weighted by Crippen LogP contribution is 2.10. The number of nitrogens with zero attached hydrogens (tertiary/aromatic N) is 4. The fraction of sp³-hybridized carbons (Fsp3) is 0.182. The number of aromatic nitrogens is 4. The monoisotopic (exact) mass is 276 g/mol. The van der Waals surface area contributed by atoms with Gasteiger partial charge in [-0.1, -0.05) is 0 Å². The molecular formula is C11H12N6O3. The number of hydrogen-bond donors (Lipinski definition) is 2. The number of ether oxygens (including phenoxy) is 2. The Balaban J connectivity index is 2.04. The summed E-state index contributed by atoms with van der Waals surface area (Å²) in [5.41, 5.74) is 11.1. The van der Waals surface area contributed by atoms with Gasteiger partial charge in [0.25, 0.3) is 0 Å². The Morgan fingerprint density at radius 3 is 2.60 bits per heavy atom. The molecule has 0 atom stereocenters. The van der Waals surface area contributed by atoms with Gasteiger partial charge in [-0.3, -0.25) is 0 Å². The van der Waals surface area contributed by atoms with E-state index < -0.39 is 5.97 Å². The summed E-state index contributed by atoms with van der Waals surface area (Å²) in [6.07, 6.45) is 1.44. The van der Waals surface area contributed by atoms with E-state index in [2.05, 4.69) is 19.9 Å². The molecule has 2 aromatic rings. The minimum Gasteiger partial charge on any atom is -0.481 e. The number of methoxy groups -OCH3 is 1. The summed E-state index contributed by atoms with van der Waals surface area (Å²) in [4.78, 5) is 26.9. The fourth-order valence-electron chi connectivity index (χ4n) is 1.38. The Labute approximate surface area is 114 Å².